The molecule has 0 saturated heterocycles. The van der Waals surface area contributed by atoms with Crippen molar-refractivity contribution >= 4 is 5.97 Å². The van der Waals surface area contributed by atoms with Crippen molar-refractivity contribution in [3.63, 3.8) is 0 Å². The van der Waals surface area contributed by atoms with Gasteiger partial charge in [-0.05, 0) is 19.9 Å². The summed E-state index contributed by atoms with van der Waals surface area (Å²) >= 11 is 0. The monoisotopic (exact) mass is 254 g/mol. The van der Waals surface area contributed by atoms with Crippen LogP contribution in [-0.4, -0.2) is 45.7 Å². The van der Waals surface area contributed by atoms with Gasteiger partial charge in [0.2, 0.25) is 0 Å². The lowest BCUT2D eigenvalue weighted by atomic mass is 9.96. The molecule has 5 nitrogen and oxygen atoms in total. The number of aliphatic hydroxyl groups is 2. The number of aliphatic carboxylic acids is 1. The number of hydrogen-bond acceptors (Lipinski definition) is 4. The third-order valence-electron chi connectivity index (χ3n) is 2.63. The van der Waals surface area contributed by atoms with Gasteiger partial charge in [0, 0.05) is 0 Å². The second-order valence-corrected chi connectivity index (χ2v) is 3.98. The Morgan fingerprint density at radius 1 is 1.44 bits per heavy atom. The minimum Gasteiger partial charge on any atom is -0.478 e. The molecule has 0 amide bonds. The van der Waals surface area contributed by atoms with Gasteiger partial charge in [-0.15, -0.1) is 0 Å². The van der Waals surface area contributed by atoms with Crippen molar-refractivity contribution in [3.8, 4) is 0 Å². The van der Waals surface area contributed by atoms with Gasteiger partial charge < -0.3 is 20.1 Å². The summed E-state index contributed by atoms with van der Waals surface area (Å²) in [6.45, 7) is 3.48. The highest BCUT2D eigenvalue weighted by Crippen LogP contribution is 2.24. The first-order chi connectivity index (χ1) is 8.51. The maximum absolute atomic E-state index is 11.1. The van der Waals surface area contributed by atoms with E-state index in [0.717, 1.165) is 0 Å². The molecular weight excluding hydrogens is 236 g/mol. The predicted octanol–water partition coefficient (Wildman–Crippen LogP) is 0.639. The second-order valence-electron chi connectivity index (χ2n) is 3.98. The highest BCUT2D eigenvalue weighted by atomic mass is 16.5. The zero-order chi connectivity index (χ0) is 13.7. The molecule has 0 aromatic rings. The summed E-state index contributed by atoms with van der Waals surface area (Å²) in [6.07, 6.45) is 3.88. The van der Waals surface area contributed by atoms with Gasteiger partial charge >= 0.3 is 5.97 Å². The van der Waals surface area contributed by atoms with Crippen LogP contribution in [0.25, 0.3) is 0 Å². The minimum atomic E-state index is -1.21. The van der Waals surface area contributed by atoms with E-state index >= 15 is 0 Å². The Hall–Kier alpha value is -1.43. The van der Waals surface area contributed by atoms with Crippen LogP contribution in [0.1, 0.15) is 13.8 Å². The van der Waals surface area contributed by atoms with E-state index in [1.807, 2.05) is 0 Å². The first kappa shape index (κ1) is 14.6. The van der Waals surface area contributed by atoms with Crippen molar-refractivity contribution in [2.75, 3.05) is 0 Å². The van der Waals surface area contributed by atoms with Crippen LogP contribution < -0.4 is 0 Å². The van der Waals surface area contributed by atoms with Crippen molar-refractivity contribution in [1.82, 2.24) is 0 Å². The molecule has 0 aromatic carbocycles. The molecule has 0 aliphatic carbocycles. The van der Waals surface area contributed by atoms with Crippen molar-refractivity contribution in [3.05, 3.63) is 36.0 Å². The number of hydrogen-bond donors (Lipinski definition) is 3. The fourth-order valence-electron chi connectivity index (χ4n) is 1.80. The van der Waals surface area contributed by atoms with E-state index in [0.29, 0.717) is 0 Å². The zero-order valence-corrected chi connectivity index (χ0v) is 10.4. The SMILES string of the molecule is C/C=C/[C@H](O)[C@@H]1O[C@H](/C=C/C)[C@H](O)C=C1C(=O)O. The molecule has 4 atom stereocenters. The predicted molar refractivity (Wildman–Crippen MR) is 66.0 cm³/mol. The summed E-state index contributed by atoms with van der Waals surface area (Å²) < 4.78 is 5.44. The molecule has 1 rings (SSSR count). The quantitative estimate of drug-likeness (QED) is 0.641. The number of ether oxygens (including phenoxy) is 1. The van der Waals surface area contributed by atoms with E-state index in [9.17, 15) is 15.0 Å². The lowest BCUT2D eigenvalue weighted by Gasteiger charge is -2.32. The third-order valence-corrected chi connectivity index (χ3v) is 2.63. The first-order valence-electron chi connectivity index (χ1n) is 5.73. The molecule has 0 unspecified atom stereocenters. The molecule has 5 heteroatoms. The number of carboxylic acids is 1. The molecule has 100 valence electrons. The number of carboxylic acid groups (broad SMARTS) is 1. The molecule has 0 saturated carbocycles. The number of carbonyl (C=O) groups is 1. The van der Waals surface area contributed by atoms with Gasteiger partial charge in [0.25, 0.3) is 0 Å². The molecule has 1 aliphatic rings. The van der Waals surface area contributed by atoms with Crippen LogP contribution in [0.4, 0.5) is 0 Å². The molecule has 3 N–H and O–H groups in total. The maximum Gasteiger partial charge on any atom is 0.334 e. The Bertz CT molecular complexity index is 383. The van der Waals surface area contributed by atoms with Crippen LogP contribution >= 0.6 is 0 Å². The fraction of sp³-hybridized carbons (Fsp3) is 0.462. The van der Waals surface area contributed by atoms with Gasteiger partial charge in [-0.3, -0.25) is 0 Å². The first-order valence-corrected chi connectivity index (χ1v) is 5.73. The van der Waals surface area contributed by atoms with Gasteiger partial charge in [0.1, 0.15) is 24.4 Å². The van der Waals surface area contributed by atoms with Gasteiger partial charge in [0.15, 0.2) is 0 Å². The Labute approximate surface area is 106 Å². The fourth-order valence-corrected chi connectivity index (χ4v) is 1.80. The average Bonchev–Trinajstić information content (AvgIpc) is 2.31. The summed E-state index contributed by atoms with van der Waals surface area (Å²) in [5.74, 6) is -1.21. The Morgan fingerprint density at radius 3 is 2.61 bits per heavy atom. The van der Waals surface area contributed by atoms with Gasteiger partial charge in [-0.25, -0.2) is 4.79 Å². The van der Waals surface area contributed by atoms with Gasteiger partial charge in [0.05, 0.1) is 5.57 Å². The smallest absolute Gasteiger partial charge is 0.334 e. The van der Waals surface area contributed by atoms with Crippen LogP contribution in [0.3, 0.4) is 0 Å². The van der Waals surface area contributed by atoms with E-state index in [1.165, 1.54) is 12.2 Å². The van der Waals surface area contributed by atoms with Crippen molar-refractivity contribution in [2.45, 2.75) is 38.3 Å². The Morgan fingerprint density at radius 2 is 2.11 bits per heavy atom. The second kappa shape index (κ2) is 6.49. The normalized spacial score (nSPS) is 30.7. The van der Waals surface area contributed by atoms with Crippen molar-refractivity contribution in [2.24, 2.45) is 0 Å². The standard InChI is InChI=1S/C13H18O5/c1-3-5-9(14)12-8(13(16)17)7-10(15)11(18-12)6-4-2/h3-7,9-12,14-15H,1-2H3,(H,16,17)/b5-3+,6-4+/t9-,10+,11+,12+/m0/s1. The van der Waals surface area contributed by atoms with Crippen LogP contribution in [0.5, 0.6) is 0 Å². The van der Waals surface area contributed by atoms with Crippen LogP contribution in [0.15, 0.2) is 36.0 Å². The molecule has 18 heavy (non-hydrogen) atoms. The molecule has 1 heterocycles. The zero-order valence-electron chi connectivity index (χ0n) is 10.4. The van der Waals surface area contributed by atoms with Crippen LogP contribution in [-0.2, 0) is 9.53 Å². The summed E-state index contributed by atoms with van der Waals surface area (Å²) in [5.41, 5.74) is -0.131. The minimum absolute atomic E-state index is 0.131. The third kappa shape index (κ3) is 3.29. The summed E-state index contributed by atoms with van der Waals surface area (Å²) in [5, 5.41) is 28.6. The lowest BCUT2D eigenvalue weighted by molar-refractivity contribution is -0.138. The number of aliphatic hydroxyl groups excluding tert-OH is 2. The Kier molecular flexibility index (Phi) is 5.27. The van der Waals surface area contributed by atoms with E-state index < -0.39 is 30.4 Å². The van der Waals surface area contributed by atoms with E-state index in [2.05, 4.69) is 0 Å². The van der Waals surface area contributed by atoms with Gasteiger partial charge in [-0.2, -0.15) is 0 Å². The number of rotatable bonds is 4. The molecule has 0 spiro atoms. The van der Waals surface area contributed by atoms with E-state index in [4.69, 9.17) is 9.84 Å². The summed E-state index contributed by atoms with van der Waals surface area (Å²) in [6, 6.07) is 0. The highest BCUT2D eigenvalue weighted by molar-refractivity contribution is 5.88. The molecule has 0 fully saturated rings. The average molecular weight is 254 g/mol. The van der Waals surface area contributed by atoms with E-state index in [1.54, 1.807) is 32.1 Å². The number of allylic oxidation sites excluding steroid dienone is 2. The molecular formula is C13H18O5. The highest BCUT2D eigenvalue weighted by Gasteiger charge is 2.36. The van der Waals surface area contributed by atoms with Gasteiger partial charge in [-0.1, -0.05) is 24.3 Å². The van der Waals surface area contributed by atoms with Crippen molar-refractivity contribution in [1.29, 1.82) is 0 Å². The van der Waals surface area contributed by atoms with Crippen LogP contribution in [0, 0.1) is 0 Å². The Balaban J connectivity index is 3.04. The molecule has 0 bridgehead atoms. The molecule has 0 radical (unpaired) electrons. The summed E-state index contributed by atoms with van der Waals surface area (Å²) in [7, 11) is 0. The largest absolute Gasteiger partial charge is 0.478 e. The summed E-state index contributed by atoms with van der Waals surface area (Å²) in [4.78, 5) is 11.1. The lowest BCUT2D eigenvalue weighted by Crippen LogP contribution is -2.43. The molecule has 0 aromatic heterocycles. The molecule has 1 aliphatic heterocycles. The maximum atomic E-state index is 11.1. The van der Waals surface area contributed by atoms with E-state index in [-0.39, 0.29) is 5.57 Å². The topological polar surface area (TPSA) is 87.0 Å². The van der Waals surface area contributed by atoms with Crippen LogP contribution in [0.2, 0.25) is 0 Å². The van der Waals surface area contributed by atoms with Crippen molar-refractivity contribution < 1.29 is 24.9 Å².